The van der Waals surface area contributed by atoms with Crippen molar-refractivity contribution in [3.8, 4) is 0 Å². The average Bonchev–Trinajstić information content (AvgIpc) is 3.19. The Labute approximate surface area is 129 Å². The van der Waals surface area contributed by atoms with Crippen molar-refractivity contribution >= 4 is 11.8 Å². The number of hydrogen-bond donors (Lipinski definition) is 1. The SMILES string of the molecule is CC(C)c1noc(CSc2cccc(CNC3CC3)c2)n1. The van der Waals surface area contributed by atoms with Crippen molar-refractivity contribution in [2.75, 3.05) is 0 Å². The standard InChI is InChI=1S/C16H21N3OS/c1-11(2)16-18-15(20-19-16)10-21-14-5-3-4-12(8-14)9-17-13-6-7-13/h3-5,8,11,13,17H,6-7,9-10H2,1-2H3. The first kappa shape index (κ1) is 14.6. The molecule has 21 heavy (non-hydrogen) atoms. The number of aromatic nitrogens is 2. The van der Waals surface area contributed by atoms with Gasteiger partial charge in [-0.1, -0.05) is 31.1 Å². The quantitative estimate of drug-likeness (QED) is 0.790. The number of benzene rings is 1. The summed E-state index contributed by atoms with van der Waals surface area (Å²) >= 11 is 1.74. The molecule has 5 heteroatoms. The van der Waals surface area contributed by atoms with E-state index in [4.69, 9.17) is 4.52 Å². The van der Waals surface area contributed by atoms with Crippen LogP contribution in [0, 0.1) is 0 Å². The summed E-state index contributed by atoms with van der Waals surface area (Å²) in [5.41, 5.74) is 1.33. The van der Waals surface area contributed by atoms with Gasteiger partial charge in [0.15, 0.2) is 5.82 Å². The largest absolute Gasteiger partial charge is 0.338 e. The lowest BCUT2D eigenvalue weighted by atomic mass is 10.2. The summed E-state index contributed by atoms with van der Waals surface area (Å²) in [6.07, 6.45) is 2.65. The van der Waals surface area contributed by atoms with Crippen molar-refractivity contribution in [2.24, 2.45) is 0 Å². The van der Waals surface area contributed by atoms with Gasteiger partial charge in [-0.05, 0) is 30.5 Å². The van der Waals surface area contributed by atoms with Crippen LogP contribution in [0.4, 0.5) is 0 Å². The van der Waals surface area contributed by atoms with Gasteiger partial charge in [0.05, 0.1) is 5.75 Å². The van der Waals surface area contributed by atoms with Gasteiger partial charge >= 0.3 is 0 Å². The van der Waals surface area contributed by atoms with Gasteiger partial charge in [-0.2, -0.15) is 4.98 Å². The Morgan fingerprint density at radius 1 is 1.38 bits per heavy atom. The minimum absolute atomic E-state index is 0.310. The second-order valence-corrected chi connectivity index (χ2v) is 6.84. The summed E-state index contributed by atoms with van der Waals surface area (Å²) < 4.78 is 5.27. The number of rotatable bonds is 7. The molecule has 1 N–H and O–H groups in total. The van der Waals surface area contributed by atoms with Gasteiger partial charge in [0.25, 0.3) is 0 Å². The fourth-order valence-electron chi connectivity index (χ4n) is 2.00. The van der Waals surface area contributed by atoms with Crippen LogP contribution in [-0.2, 0) is 12.3 Å². The van der Waals surface area contributed by atoms with E-state index in [1.54, 1.807) is 11.8 Å². The smallest absolute Gasteiger partial charge is 0.237 e. The van der Waals surface area contributed by atoms with Gasteiger partial charge in [-0.15, -0.1) is 11.8 Å². The highest BCUT2D eigenvalue weighted by Crippen LogP contribution is 2.24. The molecule has 0 amide bonds. The van der Waals surface area contributed by atoms with Crippen LogP contribution in [0.5, 0.6) is 0 Å². The molecule has 1 heterocycles. The summed E-state index contributed by atoms with van der Waals surface area (Å²) in [7, 11) is 0. The maximum Gasteiger partial charge on any atom is 0.237 e. The molecular formula is C16H21N3OS. The molecule has 1 saturated carbocycles. The molecule has 0 saturated heterocycles. The van der Waals surface area contributed by atoms with E-state index < -0.39 is 0 Å². The summed E-state index contributed by atoms with van der Waals surface area (Å²) in [5.74, 6) is 2.52. The maximum absolute atomic E-state index is 5.27. The minimum Gasteiger partial charge on any atom is -0.338 e. The van der Waals surface area contributed by atoms with Gasteiger partial charge in [0, 0.05) is 23.4 Å². The summed E-state index contributed by atoms with van der Waals surface area (Å²) in [6, 6.07) is 9.39. The van der Waals surface area contributed by atoms with Crippen LogP contribution in [0.3, 0.4) is 0 Å². The molecule has 0 radical (unpaired) electrons. The second kappa shape index (κ2) is 6.62. The third-order valence-electron chi connectivity index (χ3n) is 3.43. The Morgan fingerprint density at radius 3 is 2.95 bits per heavy atom. The minimum atomic E-state index is 0.310. The maximum atomic E-state index is 5.27. The molecule has 1 aliphatic carbocycles. The zero-order valence-corrected chi connectivity index (χ0v) is 13.3. The molecule has 0 spiro atoms. The van der Waals surface area contributed by atoms with Crippen molar-refractivity contribution in [3.63, 3.8) is 0 Å². The van der Waals surface area contributed by atoms with E-state index >= 15 is 0 Å². The molecule has 1 fully saturated rings. The van der Waals surface area contributed by atoms with Crippen LogP contribution < -0.4 is 5.32 Å². The van der Waals surface area contributed by atoms with Crippen molar-refractivity contribution in [2.45, 2.75) is 55.8 Å². The molecule has 0 atom stereocenters. The molecule has 0 unspecified atom stereocenters. The molecule has 1 aromatic heterocycles. The Hall–Kier alpha value is -1.33. The van der Waals surface area contributed by atoms with E-state index in [9.17, 15) is 0 Å². The van der Waals surface area contributed by atoms with Crippen LogP contribution in [0.1, 0.15) is 49.9 Å². The Balaban J connectivity index is 1.54. The van der Waals surface area contributed by atoms with E-state index in [0.29, 0.717) is 11.8 Å². The number of nitrogens with one attached hydrogen (secondary N) is 1. The van der Waals surface area contributed by atoms with Crippen molar-refractivity contribution in [1.29, 1.82) is 0 Å². The molecule has 0 aliphatic heterocycles. The molecule has 112 valence electrons. The number of nitrogens with zero attached hydrogens (tertiary/aromatic N) is 2. The van der Waals surface area contributed by atoms with Gasteiger partial charge in [-0.3, -0.25) is 0 Å². The molecule has 3 rings (SSSR count). The van der Waals surface area contributed by atoms with Gasteiger partial charge < -0.3 is 9.84 Å². The lowest BCUT2D eigenvalue weighted by molar-refractivity contribution is 0.383. The Bertz CT molecular complexity index is 593. The average molecular weight is 303 g/mol. The highest BCUT2D eigenvalue weighted by Gasteiger charge is 2.19. The molecule has 1 aromatic carbocycles. The third-order valence-corrected chi connectivity index (χ3v) is 4.41. The number of thioether (sulfide) groups is 1. The predicted octanol–water partition coefficient (Wildman–Crippen LogP) is 3.74. The monoisotopic (exact) mass is 303 g/mol. The van der Waals surface area contributed by atoms with Crippen LogP contribution >= 0.6 is 11.8 Å². The summed E-state index contributed by atoms with van der Waals surface area (Å²) in [5, 5.41) is 7.53. The third kappa shape index (κ3) is 4.32. The highest BCUT2D eigenvalue weighted by atomic mass is 32.2. The normalized spacial score (nSPS) is 14.8. The van der Waals surface area contributed by atoms with E-state index in [-0.39, 0.29) is 0 Å². The van der Waals surface area contributed by atoms with Gasteiger partial charge in [0.1, 0.15) is 0 Å². The summed E-state index contributed by atoms with van der Waals surface area (Å²) in [6.45, 7) is 5.09. The molecule has 4 nitrogen and oxygen atoms in total. The van der Waals surface area contributed by atoms with Crippen LogP contribution in [0.2, 0.25) is 0 Å². The molecule has 1 aliphatic rings. The van der Waals surface area contributed by atoms with Crippen molar-refractivity contribution in [1.82, 2.24) is 15.5 Å². The van der Waals surface area contributed by atoms with Crippen molar-refractivity contribution in [3.05, 3.63) is 41.5 Å². The zero-order chi connectivity index (χ0) is 14.7. The van der Waals surface area contributed by atoms with Gasteiger partial charge in [0.2, 0.25) is 5.89 Å². The predicted molar refractivity (Wildman–Crippen MR) is 84.3 cm³/mol. The van der Waals surface area contributed by atoms with E-state index in [1.165, 1.54) is 23.3 Å². The first-order valence-corrected chi connectivity index (χ1v) is 8.47. The lowest BCUT2D eigenvalue weighted by Gasteiger charge is -2.05. The topological polar surface area (TPSA) is 51.0 Å². The first-order valence-electron chi connectivity index (χ1n) is 7.48. The Morgan fingerprint density at radius 2 is 2.24 bits per heavy atom. The number of hydrogen-bond acceptors (Lipinski definition) is 5. The molecule has 2 aromatic rings. The van der Waals surface area contributed by atoms with Gasteiger partial charge in [-0.25, -0.2) is 0 Å². The van der Waals surface area contributed by atoms with Crippen molar-refractivity contribution < 1.29 is 4.52 Å². The first-order chi connectivity index (χ1) is 10.2. The lowest BCUT2D eigenvalue weighted by Crippen LogP contribution is -2.15. The Kier molecular flexibility index (Phi) is 4.60. The molecular weight excluding hydrogens is 282 g/mol. The fourth-order valence-corrected chi connectivity index (χ4v) is 2.82. The zero-order valence-electron chi connectivity index (χ0n) is 12.5. The van der Waals surface area contributed by atoms with E-state index in [1.807, 2.05) is 0 Å². The molecule has 0 bridgehead atoms. The fraction of sp³-hybridized carbons (Fsp3) is 0.500. The van der Waals surface area contributed by atoms with Crippen LogP contribution in [0.25, 0.3) is 0 Å². The van der Waals surface area contributed by atoms with Crippen LogP contribution in [0.15, 0.2) is 33.7 Å². The second-order valence-electron chi connectivity index (χ2n) is 5.79. The summed E-state index contributed by atoms with van der Waals surface area (Å²) in [4.78, 5) is 5.65. The van der Waals surface area contributed by atoms with E-state index in [2.05, 4.69) is 53.6 Å². The van der Waals surface area contributed by atoms with Crippen LogP contribution in [-0.4, -0.2) is 16.2 Å². The van der Waals surface area contributed by atoms with E-state index in [0.717, 1.165) is 24.2 Å². The highest BCUT2D eigenvalue weighted by molar-refractivity contribution is 7.98.